The maximum atomic E-state index is 6.10. The summed E-state index contributed by atoms with van der Waals surface area (Å²) in [5, 5.41) is 3.39. The summed E-state index contributed by atoms with van der Waals surface area (Å²) >= 11 is 0. The Hall–Kier alpha value is -0.340. The molecule has 88 valence electrons. The topological polar surface area (TPSA) is 21.3 Å². The van der Waals surface area contributed by atoms with Crippen molar-refractivity contribution >= 4 is 0 Å². The fourth-order valence-corrected chi connectivity index (χ4v) is 2.89. The molecule has 15 heavy (non-hydrogen) atoms. The second kappa shape index (κ2) is 4.26. The van der Waals surface area contributed by atoms with Crippen molar-refractivity contribution in [2.75, 3.05) is 7.05 Å². The highest BCUT2D eigenvalue weighted by atomic mass is 16.5. The van der Waals surface area contributed by atoms with E-state index in [0.29, 0.717) is 12.0 Å². The molecule has 1 rings (SSSR count). The zero-order chi connectivity index (χ0) is 11.7. The summed E-state index contributed by atoms with van der Waals surface area (Å²) in [5.41, 5.74) is -0.0371. The van der Waals surface area contributed by atoms with Crippen LogP contribution < -0.4 is 5.32 Å². The molecule has 1 heterocycles. The molecule has 0 aliphatic carbocycles. The van der Waals surface area contributed by atoms with Crippen LogP contribution in [0.4, 0.5) is 0 Å². The molecule has 1 N–H and O–H groups in total. The highest BCUT2D eigenvalue weighted by Gasteiger charge is 2.48. The summed E-state index contributed by atoms with van der Waals surface area (Å²) in [6.45, 7) is 12.6. The van der Waals surface area contributed by atoms with Crippen molar-refractivity contribution in [1.82, 2.24) is 5.32 Å². The van der Waals surface area contributed by atoms with Gasteiger partial charge in [0.2, 0.25) is 0 Å². The van der Waals surface area contributed by atoms with E-state index in [-0.39, 0.29) is 11.2 Å². The molecule has 2 nitrogen and oxygen atoms in total. The lowest BCUT2D eigenvalue weighted by atomic mass is 9.80. The normalized spacial score (nSPS) is 30.1. The molecule has 1 fully saturated rings. The van der Waals surface area contributed by atoms with Crippen molar-refractivity contribution in [1.29, 1.82) is 0 Å². The molecule has 0 bridgehead atoms. The summed E-state index contributed by atoms with van der Waals surface area (Å²) in [7, 11) is 2.02. The van der Waals surface area contributed by atoms with Gasteiger partial charge in [-0.2, -0.15) is 0 Å². The Bertz CT molecular complexity index is 233. The lowest BCUT2D eigenvalue weighted by molar-refractivity contribution is -0.0773. The first-order valence-corrected chi connectivity index (χ1v) is 5.81. The number of ether oxygens (including phenoxy) is 1. The van der Waals surface area contributed by atoms with E-state index in [1.165, 1.54) is 0 Å². The summed E-state index contributed by atoms with van der Waals surface area (Å²) < 4.78 is 6.10. The first kappa shape index (κ1) is 12.7. The fraction of sp³-hybridized carbons (Fsp3) is 0.846. The SMILES string of the molecule is C=CCC(NC)C1CC(C)(C)OC1(C)C. The van der Waals surface area contributed by atoms with Crippen LogP contribution in [0.2, 0.25) is 0 Å². The molecule has 1 saturated heterocycles. The number of hydrogen-bond donors (Lipinski definition) is 1. The van der Waals surface area contributed by atoms with Crippen molar-refractivity contribution in [3.8, 4) is 0 Å². The summed E-state index contributed by atoms with van der Waals surface area (Å²) in [6, 6.07) is 0.472. The van der Waals surface area contributed by atoms with Gasteiger partial charge in [0.25, 0.3) is 0 Å². The zero-order valence-corrected chi connectivity index (χ0v) is 10.8. The number of rotatable bonds is 4. The molecule has 1 aliphatic heterocycles. The number of hydrogen-bond acceptors (Lipinski definition) is 2. The van der Waals surface area contributed by atoms with Crippen LogP contribution >= 0.6 is 0 Å². The minimum absolute atomic E-state index is 0.00440. The van der Waals surface area contributed by atoms with Crippen LogP contribution in [0, 0.1) is 5.92 Å². The maximum absolute atomic E-state index is 6.10. The van der Waals surface area contributed by atoms with E-state index in [0.717, 1.165) is 12.8 Å². The van der Waals surface area contributed by atoms with Crippen LogP contribution in [0.1, 0.15) is 40.5 Å². The van der Waals surface area contributed by atoms with E-state index in [9.17, 15) is 0 Å². The van der Waals surface area contributed by atoms with Gasteiger partial charge < -0.3 is 10.1 Å². The van der Waals surface area contributed by atoms with Gasteiger partial charge in [-0.05, 0) is 47.6 Å². The Kier molecular flexibility index (Phi) is 3.62. The van der Waals surface area contributed by atoms with E-state index in [2.05, 4.69) is 39.6 Å². The molecular weight excluding hydrogens is 186 g/mol. The molecule has 0 aromatic heterocycles. The van der Waals surface area contributed by atoms with Gasteiger partial charge in [0.15, 0.2) is 0 Å². The van der Waals surface area contributed by atoms with Crippen LogP contribution in [-0.2, 0) is 4.74 Å². The van der Waals surface area contributed by atoms with Gasteiger partial charge in [-0.15, -0.1) is 6.58 Å². The van der Waals surface area contributed by atoms with Crippen molar-refractivity contribution < 1.29 is 4.74 Å². The van der Waals surface area contributed by atoms with Gasteiger partial charge in [0.1, 0.15) is 0 Å². The average molecular weight is 211 g/mol. The first-order valence-electron chi connectivity index (χ1n) is 5.81. The van der Waals surface area contributed by atoms with Crippen LogP contribution in [0.3, 0.4) is 0 Å². The molecule has 2 atom stereocenters. The Labute approximate surface area is 94.1 Å². The molecule has 2 heteroatoms. The Balaban J connectivity index is 2.80. The summed E-state index contributed by atoms with van der Waals surface area (Å²) in [5.74, 6) is 0.551. The second-order valence-electron chi connectivity index (χ2n) is 5.70. The second-order valence-corrected chi connectivity index (χ2v) is 5.70. The van der Waals surface area contributed by atoms with Crippen molar-refractivity contribution in [2.24, 2.45) is 5.92 Å². The van der Waals surface area contributed by atoms with Crippen LogP contribution in [0.5, 0.6) is 0 Å². The summed E-state index contributed by atoms with van der Waals surface area (Å²) in [6.07, 6.45) is 4.10. The van der Waals surface area contributed by atoms with E-state index in [4.69, 9.17) is 4.74 Å². The van der Waals surface area contributed by atoms with Gasteiger partial charge in [-0.25, -0.2) is 0 Å². The number of nitrogens with one attached hydrogen (secondary N) is 1. The van der Waals surface area contributed by atoms with Crippen LogP contribution in [-0.4, -0.2) is 24.3 Å². The molecule has 0 aromatic rings. The van der Waals surface area contributed by atoms with Crippen LogP contribution in [0.25, 0.3) is 0 Å². The smallest absolute Gasteiger partial charge is 0.0677 e. The van der Waals surface area contributed by atoms with Gasteiger partial charge in [0.05, 0.1) is 11.2 Å². The first-order chi connectivity index (χ1) is 6.82. The van der Waals surface area contributed by atoms with Gasteiger partial charge in [0, 0.05) is 12.0 Å². The highest BCUT2D eigenvalue weighted by molar-refractivity contribution is 5.00. The fourth-order valence-electron chi connectivity index (χ4n) is 2.89. The molecule has 2 unspecified atom stereocenters. The summed E-state index contributed by atoms with van der Waals surface area (Å²) in [4.78, 5) is 0. The van der Waals surface area contributed by atoms with E-state index >= 15 is 0 Å². The Morgan fingerprint density at radius 2 is 2.07 bits per heavy atom. The molecule has 0 spiro atoms. The van der Waals surface area contributed by atoms with Crippen molar-refractivity contribution in [2.45, 2.75) is 57.8 Å². The zero-order valence-electron chi connectivity index (χ0n) is 10.8. The van der Waals surface area contributed by atoms with E-state index in [1.54, 1.807) is 0 Å². The lowest BCUT2D eigenvalue weighted by Crippen LogP contribution is -2.42. The molecular formula is C13H25NO. The van der Waals surface area contributed by atoms with Crippen LogP contribution in [0.15, 0.2) is 12.7 Å². The monoisotopic (exact) mass is 211 g/mol. The third kappa shape index (κ3) is 2.82. The molecule has 0 aromatic carbocycles. The Morgan fingerprint density at radius 1 is 1.47 bits per heavy atom. The largest absolute Gasteiger partial charge is 0.369 e. The molecule has 0 amide bonds. The van der Waals surface area contributed by atoms with E-state index < -0.39 is 0 Å². The quantitative estimate of drug-likeness (QED) is 0.722. The third-order valence-corrected chi connectivity index (χ3v) is 3.42. The maximum Gasteiger partial charge on any atom is 0.0677 e. The van der Waals surface area contributed by atoms with Gasteiger partial charge >= 0.3 is 0 Å². The predicted molar refractivity (Wildman–Crippen MR) is 65.0 cm³/mol. The van der Waals surface area contributed by atoms with Crippen molar-refractivity contribution in [3.63, 3.8) is 0 Å². The van der Waals surface area contributed by atoms with Crippen molar-refractivity contribution in [3.05, 3.63) is 12.7 Å². The lowest BCUT2D eigenvalue weighted by Gasteiger charge is -2.32. The van der Waals surface area contributed by atoms with E-state index in [1.807, 2.05) is 13.1 Å². The third-order valence-electron chi connectivity index (χ3n) is 3.42. The predicted octanol–water partition coefficient (Wildman–Crippen LogP) is 2.74. The molecule has 0 radical (unpaired) electrons. The standard InChI is InChI=1S/C13H25NO/c1-7-8-11(14-6)10-9-12(2,3)15-13(10,4)5/h7,10-11,14H,1,8-9H2,2-6H3. The van der Waals surface area contributed by atoms with Gasteiger partial charge in [-0.3, -0.25) is 0 Å². The highest BCUT2D eigenvalue weighted by Crippen LogP contribution is 2.44. The minimum atomic E-state index is -0.0415. The molecule has 0 saturated carbocycles. The Morgan fingerprint density at radius 3 is 2.40 bits per heavy atom. The minimum Gasteiger partial charge on any atom is -0.369 e. The average Bonchev–Trinajstić information content (AvgIpc) is 2.30. The van der Waals surface area contributed by atoms with Gasteiger partial charge in [-0.1, -0.05) is 6.08 Å². The molecule has 1 aliphatic rings.